The molecule has 0 radical (unpaired) electrons. The first-order valence-electron chi connectivity index (χ1n) is 3.53. The highest BCUT2D eigenvalue weighted by molar-refractivity contribution is 4.91. The zero-order chi connectivity index (χ0) is 7.40. The first-order valence-corrected chi connectivity index (χ1v) is 3.53. The van der Waals surface area contributed by atoms with E-state index in [2.05, 4.69) is 11.9 Å². The van der Waals surface area contributed by atoms with Crippen molar-refractivity contribution in [3.63, 3.8) is 0 Å². The summed E-state index contributed by atoms with van der Waals surface area (Å²) in [5, 5.41) is 3.28. The van der Waals surface area contributed by atoms with Crippen LogP contribution in [0.1, 0.15) is 6.42 Å². The number of nitrogens with one attached hydrogen (secondary N) is 1. The van der Waals surface area contributed by atoms with Gasteiger partial charge in [-0.25, -0.2) is 0 Å². The first-order chi connectivity index (χ1) is 4.79. The smallest absolute Gasteiger partial charge is 0.0624 e. The van der Waals surface area contributed by atoms with Gasteiger partial charge in [-0.1, -0.05) is 6.58 Å². The van der Waals surface area contributed by atoms with E-state index in [4.69, 9.17) is 10.5 Å². The van der Waals surface area contributed by atoms with Crippen LogP contribution in [0.4, 0.5) is 0 Å². The van der Waals surface area contributed by atoms with Crippen molar-refractivity contribution < 1.29 is 4.74 Å². The molecule has 0 aromatic heterocycles. The Kier molecular flexibility index (Phi) is 2.71. The summed E-state index contributed by atoms with van der Waals surface area (Å²) in [5.74, 6) is 0. The monoisotopic (exact) mass is 142 g/mol. The Labute approximate surface area is 61.2 Å². The average Bonchev–Trinajstić information content (AvgIpc) is 1.88. The molecule has 3 heteroatoms. The minimum Gasteiger partial charge on any atom is -0.402 e. The van der Waals surface area contributed by atoms with Crippen molar-refractivity contribution in [3.8, 4) is 0 Å². The van der Waals surface area contributed by atoms with E-state index in [0.717, 1.165) is 31.9 Å². The van der Waals surface area contributed by atoms with Crippen molar-refractivity contribution in [2.75, 3.05) is 19.8 Å². The summed E-state index contributed by atoms with van der Waals surface area (Å²) < 4.78 is 5.22. The molecule has 0 aliphatic carbocycles. The third-order valence-electron chi connectivity index (χ3n) is 1.51. The number of morpholine rings is 1. The summed E-state index contributed by atoms with van der Waals surface area (Å²) in [6, 6.07) is 0.381. The summed E-state index contributed by atoms with van der Waals surface area (Å²) in [6.07, 6.45) is 0.819. The molecule has 3 N–H and O–H groups in total. The minimum absolute atomic E-state index is 0.381. The summed E-state index contributed by atoms with van der Waals surface area (Å²) in [7, 11) is 0. The normalized spacial score (nSPS) is 26.2. The Hall–Kier alpha value is -0.540. The van der Waals surface area contributed by atoms with E-state index in [-0.39, 0.29) is 0 Å². The van der Waals surface area contributed by atoms with Gasteiger partial charge in [-0.2, -0.15) is 0 Å². The summed E-state index contributed by atoms with van der Waals surface area (Å²) in [4.78, 5) is 0. The Morgan fingerprint density at radius 2 is 2.60 bits per heavy atom. The molecule has 0 saturated carbocycles. The Balaban J connectivity index is 2.19. The van der Waals surface area contributed by atoms with Crippen molar-refractivity contribution in [1.29, 1.82) is 0 Å². The van der Waals surface area contributed by atoms with Crippen molar-refractivity contribution in [3.05, 3.63) is 12.3 Å². The van der Waals surface area contributed by atoms with Gasteiger partial charge in [-0.05, 0) is 0 Å². The van der Waals surface area contributed by atoms with E-state index in [1.54, 1.807) is 0 Å². The molecule has 10 heavy (non-hydrogen) atoms. The molecule has 0 aromatic carbocycles. The Bertz CT molecular complexity index is 119. The lowest BCUT2D eigenvalue weighted by molar-refractivity contribution is 0.0769. The van der Waals surface area contributed by atoms with E-state index >= 15 is 0 Å². The van der Waals surface area contributed by atoms with Gasteiger partial charge in [-0.15, -0.1) is 0 Å². The third kappa shape index (κ3) is 2.37. The predicted molar refractivity (Wildman–Crippen MR) is 40.6 cm³/mol. The van der Waals surface area contributed by atoms with Crippen LogP contribution in [-0.2, 0) is 4.74 Å². The van der Waals surface area contributed by atoms with Crippen LogP contribution in [0.3, 0.4) is 0 Å². The van der Waals surface area contributed by atoms with Gasteiger partial charge in [-0.3, -0.25) is 0 Å². The molecule has 0 spiro atoms. The average molecular weight is 142 g/mol. The molecular weight excluding hydrogens is 128 g/mol. The van der Waals surface area contributed by atoms with Crippen molar-refractivity contribution in [2.24, 2.45) is 5.73 Å². The quantitative estimate of drug-likeness (QED) is 0.563. The number of rotatable bonds is 2. The molecule has 0 aromatic rings. The molecule has 1 aliphatic heterocycles. The van der Waals surface area contributed by atoms with Crippen LogP contribution in [0.25, 0.3) is 0 Å². The molecule has 0 amide bonds. The fourth-order valence-electron chi connectivity index (χ4n) is 1.07. The fourth-order valence-corrected chi connectivity index (χ4v) is 1.07. The molecule has 58 valence electrons. The molecule has 1 fully saturated rings. The molecule has 1 unspecified atom stereocenters. The fraction of sp³-hybridized carbons (Fsp3) is 0.714. The van der Waals surface area contributed by atoms with Gasteiger partial charge in [0.2, 0.25) is 0 Å². The second-order valence-corrected chi connectivity index (χ2v) is 2.59. The van der Waals surface area contributed by atoms with E-state index in [1.165, 1.54) is 0 Å². The van der Waals surface area contributed by atoms with E-state index in [1.807, 2.05) is 0 Å². The maximum atomic E-state index is 5.43. The lowest BCUT2D eigenvalue weighted by atomic mass is 10.2. The largest absolute Gasteiger partial charge is 0.402 e. The maximum Gasteiger partial charge on any atom is 0.0624 e. The second-order valence-electron chi connectivity index (χ2n) is 2.59. The molecule has 1 atom stereocenters. The molecule has 1 saturated heterocycles. The van der Waals surface area contributed by atoms with Gasteiger partial charge in [0.25, 0.3) is 0 Å². The molecular formula is C7H14N2O. The zero-order valence-corrected chi connectivity index (χ0v) is 6.10. The molecule has 1 rings (SSSR count). The maximum absolute atomic E-state index is 5.43. The molecule has 3 nitrogen and oxygen atoms in total. The van der Waals surface area contributed by atoms with Gasteiger partial charge in [0.1, 0.15) is 0 Å². The van der Waals surface area contributed by atoms with Gasteiger partial charge in [0, 0.05) is 24.7 Å². The van der Waals surface area contributed by atoms with E-state index in [9.17, 15) is 0 Å². The van der Waals surface area contributed by atoms with Crippen LogP contribution in [0.2, 0.25) is 0 Å². The highest BCUT2D eigenvalue weighted by Gasteiger charge is 2.12. The SMILES string of the molecule is C=C(N)CC1COCCN1. The van der Waals surface area contributed by atoms with Crippen LogP contribution in [0.5, 0.6) is 0 Å². The number of ether oxygens (including phenoxy) is 1. The summed E-state index contributed by atoms with van der Waals surface area (Å²) in [6.45, 7) is 6.13. The lowest BCUT2D eigenvalue weighted by Gasteiger charge is -2.23. The van der Waals surface area contributed by atoms with Gasteiger partial charge in [0.05, 0.1) is 13.2 Å². The molecule has 1 heterocycles. The zero-order valence-electron chi connectivity index (χ0n) is 6.10. The highest BCUT2D eigenvalue weighted by atomic mass is 16.5. The van der Waals surface area contributed by atoms with Gasteiger partial charge < -0.3 is 15.8 Å². The highest BCUT2D eigenvalue weighted by Crippen LogP contribution is 2.00. The summed E-state index contributed by atoms with van der Waals surface area (Å²) >= 11 is 0. The van der Waals surface area contributed by atoms with Crippen LogP contribution in [0, 0.1) is 0 Å². The van der Waals surface area contributed by atoms with Crippen LogP contribution >= 0.6 is 0 Å². The van der Waals surface area contributed by atoms with Gasteiger partial charge in [0.15, 0.2) is 0 Å². The van der Waals surface area contributed by atoms with Crippen LogP contribution in [0.15, 0.2) is 12.3 Å². The van der Waals surface area contributed by atoms with E-state index in [0.29, 0.717) is 6.04 Å². The topological polar surface area (TPSA) is 47.3 Å². The van der Waals surface area contributed by atoms with Crippen LogP contribution in [-0.4, -0.2) is 25.8 Å². The Morgan fingerprint density at radius 1 is 1.80 bits per heavy atom. The first kappa shape index (κ1) is 7.57. The second kappa shape index (κ2) is 3.58. The van der Waals surface area contributed by atoms with Crippen LogP contribution < -0.4 is 11.1 Å². The Morgan fingerprint density at radius 3 is 3.10 bits per heavy atom. The number of hydrogen-bond donors (Lipinski definition) is 2. The van der Waals surface area contributed by atoms with Gasteiger partial charge >= 0.3 is 0 Å². The number of hydrogen-bond acceptors (Lipinski definition) is 3. The standard InChI is InChI=1S/C7H14N2O/c1-6(8)4-7-5-10-3-2-9-7/h7,9H,1-5,8H2. The lowest BCUT2D eigenvalue weighted by Crippen LogP contribution is -2.41. The van der Waals surface area contributed by atoms with Crippen molar-refractivity contribution >= 4 is 0 Å². The van der Waals surface area contributed by atoms with E-state index < -0.39 is 0 Å². The van der Waals surface area contributed by atoms with Crippen molar-refractivity contribution in [1.82, 2.24) is 5.32 Å². The molecule has 1 aliphatic rings. The predicted octanol–water partition coefficient (Wildman–Crippen LogP) is -0.163. The molecule has 0 bridgehead atoms. The third-order valence-corrected chi connectivity index (χ3v) is 1.51. The minimum atomic E-state index is 0.381. The number of nitrogens with two attached hydrogens (primary N) is 1. The van der Waals surface area contributed by atoms with Crippen molar-refractivity contribution in [2.45, 2.75) is 12.5 Å². The summed E-state index contributed by atoms with van der Waals surface area (Å²) in [5.41, 5.74) is 6.16.